The molecule has 0 spiro atoms. The largest absolute Gasteiger partial charge is 0.378 e. The minimum Gasteiger partial charge on any atom is -0.378 e. The van der Waals surface area contributed by atoms with Gasteiger partial charge in [0.25, 0.3) is 0 Å². The highest BCUT2D eigenvalue weighted by Crippen LogP contribution is 2.23. The van der Waals surface area contributed by atoms with Gasteiger partial charge in [0.1, 0.15) is 0 Å². The van der Waals surface area contributed by atoms with E-state index in [0.29, 0.717) is 5.71 Å². The van der Waals surface area contributed by atoms with Gasteiger partial charge in [-0.25, -0.2) is 4.99 Å². The summed E-state index contributed by atoms with van der Waals surface area (Å²) in [6, 6.07) is 15.9. The molecular weight excluding hydrogens is 284 g/mol. The second kappa shape index (κ2) is 6.29. The Labute approximate surface area is 135 Å². The van der Waals surface area contributed by atoms with Crippen molar-refractivity contribution in [1.82, 2.24) is 0 Å². The molecule has 4 heteroatoms. The van der Waals surface area contributed by atoms with E-state index in [2.05, 4.69) is 9.89 Å². The lowest BCUT2D eigenvalue weighted by molar-refractivity contribution is 1.13. The molecule has 0 saturated carbocycles. The van der Waals surface area contributed by atoms with E-state index in [1.54, 1.807) is 0 Å². The van der Waals surface area contributed by atoms with E-state index in [9.17, 15) is 0 Å². The summed E-state index contributed by atoms with van der Waals surface area (Å²) in [5.74, 6) is 0. The Morgan fingerprint density at radius 2 is 1.48 bits per heavy atom. The molecule has 0 bridgehead atoms. The van der Waals surface area contributed by atoms with E-state index in [1.165, 1.54) is 0 Å². The first kappa shape index (κ1) is 14.7. The van der Waals surface area contributed by atoms with Crippen molar-refractivity contribution >= 4 is 22.8 Å². The van der Waals surface area contributed by atoms with Gasteiger partial charge in [0.05, 0.1) is 17.1 Å². The van der Waals surface area contributed by atoms with Crippen molar-refractivity contribution in [3.05, 3.63) is 71.8 Å². The Hall–Kier alpha value is -3.19. The Morgan fingerprint density at radius 1 is 0.870 bits per heavy atom. The zero-order valence-corrected chi connectivity index (χ0v) is 13.1. The van der Waals surface area contributed by atoms with Crippen molar-refractivity contribution in [2.24, 2.45) is 9.98 Å². The highest BCUT2D eigenvalue weighted by atomic mass is 15.1. The number of benzene rings is 2. The topological polar surface area (TPSA) is 51.8 Å². The first-order chi connectivity index (χ1) is 11.2. The van der Waals surface area contributed by atoms with Crippen molar-refractivity contribution in [3.8, 4) is 6.19 Å². The molecule has 0 heterocycles. The third kappa shape index (κ3) is 3.04. The second-order valence-corrected chi connectivity index (χ2v) is 5.38. The van der Waals surface area contributed by atoms with Crippen LogP contribution < -0.4 is 4.90 Å². The Balaban J connectivity index is 2.02. The number of hydrogen-bond acceptors (Lipinski definition) is 4. The summed E-state index contributed by atoms with van der Waals surface area (Å²) in [5.41, 5.74) is 5.49. The molecule has 3 rings (SSSR count). The Kier molecular flexibility index (Phi) is 4.03. The number of anilines is 1. The highest BCUT2D eigenvalue weighted by Gasteiger charge is 2.15. The van der Waals surface area contributed by atoms with Crippen molar-refractivity contribution in [2.45, 2.75) is 0 Å². The maximum absolute atomic E-state index is 8.81. The van der Waals surface area contributed by atoms with E-state index in [-0.39, 0.29) is 0 Å². The van der Waals surface area contributed by atoms with Crippen LogP contribution in [-0.2, 0) is 0 Å². The highest BCUT2D eigenvalue weighted by molar-refractivity contribution is 6.26. The smallest absolute Gasteiger partial charge is 0.206 e. The van der Waals surface area contributed by atoms with Crippen LogP contribution in [0.5, 0.6) is 0 Å². The van der Waals surface area contributed by atoms with Gasteiger partial charge in [-0.1, -0.05) is 24.3 Å². The lowest BCUT2D eigenvalue weighted by atomic mass is 9.93. The van der Waals surface area contributed by atoms with Crippen LogP contribution >= 0.6 is 0 Å². The van der Waals surface area contributed by atoms with Gasteiger partial charge < -0.3 is 4.90 Å². The number of nitriles is 1. The summed E-state index contributed by atoms with van der Waals surface area (Å²) in [6.07, 6.45) is 5.58. The Bertz CT molecular complexity index is 850. The predicted molar refractivity (Wildman–Crippen MR) is 94.7 cm³/mol. The molecule has 0 fully saturated rings. The molecule has 2 aromatic carbocycles. The predicted octanol–water partition coefficient (Wildman–Crippen LogP) is 3.71. The fraction of sp³-hybridized carbons (Fsp3) is 0.105. The number of allylic oxidation sites excluding steroid dienone is 2. The summed E-state index contributed by atoms with van der Waals surface area (Å²) in [5, 5.41) is 8.81. The van der Waals surface area contributed by atoms with Crippen molar-refractivity contribution < 1.29 is 0 Å². The van der Waals surface area contributed by atoms with Gasteiger partial charge in [0.15, 0.2) is 0 Å². The number of hydrogen-bond donors (Lipinski definition) is 0. The summed E-state index contributed by atoms with van der Waals surface area (Å²) in [4.78, 5) is 10.7. The molecule has 0 N–H and O–H groups in total. The van der Waals surface area contributed by atoms with Crippen LogP contribution in [0, 0.1) is 11.5 Å². The van der Waals surface area contributed by atoms with Gasteiger partial charge in [0.2, 0.25) is 6.19 Å². The molecule has 2 aromatic rings. The number of nitrogens with zero attached hydrogens (tertiary/aromatic N) is 4. The van der Waals surface area contributed by atoms with Crippen LogP contribution in [0.1, 0.15) is 11.1 Å². The average molecular weight is 300 g/mol. The monoisotopic (exact) mass is 300 g/mol. The molecule has 0 aliphatic heterocycles. The Morgan fingerprint density at radius 3 is 2.09 bits per heavy atom. The standard InChI is InChI=1S/C19H16N4/c1-23(2)15-9-7-14(8-10-15)22-19-12-11-18(21-13-20)16-5-3-4-6-17(16)19/h3-12H,1-2H3. The van der Waals surface area contributed by atoms with Crippen LogP contribution in [0.15, 0.2) is 70.7 Å². The van der Waals surface area contributed by atoms with Crippen LogP contribution in [0.25, 0.3) is 0 Å². The van der Waals surface area contributed by atoms with Gasteiger partial charge in [-0.2, -0.15) is 10.3 Å². The minimum absolute atomic E-state index is 0.671. The normalized spacial score (nSPS) is 16.2. The third-order valence-corrected chi connectivity index (χ3v) is 3.66. The van der Waals surface area contributed by atoms with E-state index in [1.807, 2.05) is 81.0 Å². The van der Waals surface area contributed by atoms with Crippen molar-refractivity contribution in [2.75, 3.05) is 19.0 Å². The SMILES string of the molecule is CN(C)c1ccc(N=C2C=CC(=NC#N)c3ccccc32)cc1. The molecule has 1 aliphatic carbocycles. The number of aliphatic imine (C=N–C) groups is 2. The van der Waals surface area contributed by atoms with Crippen LogP contribution in [0.3, 0.4) is 0 Å². The summed E-state index contributed by atoms with van der Waals surface area (Å²) < 4.78 is 0. The zero-order chi connectivity index (χ0) is 16.2. The fourth-order valence-corrected chi connectivity index (χ4v) is 2.48. The molecule has 0 aromatic heterocycles. The molecule has 0 unspecified atom stereocenters. The molecule has 0 saturated heterocycles. The molecular formula is C19H16N4. The number of rotatable bonds is 2. The number of fused-ring (bicyclic) bond motifs is 1. The fourth-order valence-electron chi connectivity index (χ4n) is 2.48. The van der Waals surface area contributed by atoms with Gasteiger partial charge in [0, 0.05) is 30.9 Å². The van der Waals surface area contributed by atoms with E-state index >= 15 is 0 Å². The average Bonchev–Trinajstić information content (AvgIpc) is 2.58. The second-order valence-electron chi connectivity index (χ2n) is 5.38. The van der Waals surface area contributed by atoms with Gasteiger partial charge in [-0.15, -0.1) is 0 Å². The minimum atomic E-state index is 0.671. The first-order valence-electron chi connectivity index (χ1n) is 7.30. The summed E-state index contributed by atoms with van der Waals surface area (Å²) in [6.45, 7) is 0. The van der Waals surface area contributed by atoms with Crippen LogP contribution in [-0.4, -0.2) is 25.5 Å². The first-order valence-corrected chi connectivity index (χ1v) is 7.30. The third-order valence-electron chi connectivity index (χ3n) is 3.66. The van der Waals surface area contributed by atoms with E-state index in [0.717, 1.165) is 28.2 Å². The summed E-state index contributed by atoms with van der Waals surface area (Å²) in [7, 11) is 4.02. The van der Waals surface area contributed by atoms with Gasteiger partial charge in [-0.05, 0) is 36.4 Å². The lowest BCUT2D eigenvalue weighted by Gasteiger charge is -2.14. The van der Waals surface area contributed by atoms with Gasteiger partial charge >= 0.3 is 0 Å². The molecule has 1 aliphatic rings. The van der Waals surface area contributed by atoms with Crippen LogP contribution in [0.2, 0.25) is 0 Å². The van der Waals surface area contributed by atoms with Crippen molar-refractivity contribution in [3.63, 3.8) is 0 Å². The quantitative estimate of drug-likeness (QED) is 0.794. The molecule has 23 heavy (non-hydrogen) atoms. The van der Waals surface area contributed by atoms with Gasteiger partial charge in [-0.3, -0.25) is 0 Å². The molecule has 112 valence electrons. The maximum Gasteiger partial charge on any atom is 0.206 e. The molecule has 0 atom stereocenters. The van der Waals surface area contributed by atoms with E-state index in [4.69, 9.17) is 10.3 Å². The van der Waals surface area contributed by atoms with Crippen LogP contribution in [0.4, 0.5) is 11.4 Å². The summed E-state index contributed by atoms with van der Waals surface area (Å²) >= 11 is 0. The molecule has 0 amide bonds. The maximum atomic E-state index is 8.81. The molecule has 0 radical (unpaired) electrons. The zero-order valence-electron chi connectivity index (χ0n) is 13.1. The van der Waals surface area contributed by atoms with Crippen molar-refractivity contribution in [1.29, 1.82) is 5.26 Å². The lowest BCUT2D eigenvalue weighted by Crippen LogP contribution is -2.12. The molecule has 4 nitrogen and oxygen atoms in total. The van der Waals surface area contributed by atoms with E-state index < -0.39 is 0 Å².